The fourth-order valence-electron chi connectivity index (χ4n) is 3.50. The zero-order chi connectivity index (χ0) is 11.3. The van der Waals surface area contributed by atoms with Crippen molar-refractivity contribution in [1.29, 1.82) is 0 Å². The van der Waals surface area contributed by atoms with E-state index in [4.69, 9.17) is 11.5 Å². The monoisotopic (exact) mass is 210 g/mol. The van der Waals surface area contributed by atoms with Gasteiger partial charge in [-0.15, -0.1) is 0 Å². The van der Waals surface area contributed by atoms with Crippen molar-refractivity contribution in [2.75, 3.05) is 0 Å². The second-order valence-electron chi connectivity index (χ2n) is 5.14. The number of hydrogen-bond donors (Lipinski definition) is 2. The normalized spacial score (nSPS) is 48.1. The Hall–Kier alpha value is -1.06. The van der Waals surface area contributed by atoms with Crippen molar-refractivity contribution in [2.45, 2.75) is 20.3 Å². The van der Waals surface area contributed by atoms with Crippen LogP contribution in [0.15, 0.2) is 0 Å². The van der Waals surface area contributed by atoms with Crippen LogP contribution in [0.3, 0.4) is 0 Å². The quantitative estimate of drug-likeness (QED) is 0.677. The summed E-state index contributed by atoms with van der Waals surface area (Å²) < 4.78 is 0. The van der Waals surface area contributed by atoms with Gasteiger partial charge >= 0.3 is 0 Å². The minimum atomic E-state index is -0.372. The van der Waals surface area contributed by atoms with E-state index in [1.165, 1.54) is 0 Å². The number of amides is 2. The zero-order valence-electron chi connectivity index (χ0n) is 9.14. The van der Waals surface area contributed by atoms with Crippen molar-refractivity contribution in [2.24, 2.45) is 47.0 Å². The molecule has 4 nitrogen and oxygen atoms in total. The van der Waals surface area contributed by atoms with E-state index in [9.17, 15) is 9.59 Å². The summed E-state index contributed by atoms with van der Waals surface area (Å²) in [6.45, 7) is 4.03. The second kappa shape index (κ2) is 3.22. The van der Waals surface area contributed by atoms with Crippen LogP contribution in [0, 0.1) is 35.5 Å². The van der Waals surface area contributed by atoms with Gasteiger partial charge in [0.25, 0.3) is 0 Å². The summed E-state index contributed by atoms with van der Waals surface area (Å²) in [7, 11) is 0. The largest absolute Gasteiger partial charge is 0.369 e. The summed E-state index contributed by atoms with van der Waals surface area (Å²) in [5.74, 6) is 0.109. The Morgan fingerprint density at radius 1 is 0.933 bits per heavy atom. The summed E-state index contributed by atoms with van der Waals surface area (Å²) in [5, 5.41) is 0. The van der Waals surface area contributed by atoms with Crippen molar-refractivity contribution in [3.63, 3.8) is 0 Å². The van der Waals surface area contributed by atoms with E-state index in [0.717, 1.165) is 6.42 Å². The highest BCUT2D eigenvalue weighted by molar-refractivity contribution is 5.87. The number of nitrogens with two attached hydrogens (primary N) is 2. The van der Waals surface area contributed by atoms with Crippen LogP contribution in [-0.4, -0.2) is 11.8 Å². The lowest BCUT2D eigenvalue weighted by Gasteiger charge is -2.36. The van der Waals surface area contributed by atoms with E-state index < -0.39 is 0 Å². The van der Waals surface area contributed by atoms with E-state index in [1.54, 1.807) is 0 Å². The lowest BCUT2D eigenvalue weighted by molar-refractivity contribution is -0.137. The molecule has 2 aliphatic rings. The van der Waals surface area contributed by atoms with Crippen molar-refractivity contribution < 1.29 is 9.59 Å². The van der Waals surface area contributed by atoms with Gasteiger partial charge in [-0.05, 0) is 30.1 Å². The van der Waals surface area contributed by atoms with E-state index in [-0.39, 0.29) is 35.5 Å². The summed E-state index contributed by atoms with van der Waals surface area (Å²) >= 11 is 0. The molecule has 0 aromatic rings. The van der Waals surface area contributed by atoms with Crippen LogP contribution in [0.5, 0.6) is 0 Å². The molecule has 2 saturated carbocycles. The highest BCUT2D eigenvalue weighted by Crippen LogP contribution is 2.59. The fourth-order valence-corrected chi connectivity index (χ4v) is 3.50. The molecule has 6 atom stereocenters. The van der Waals surface area contributed by atoms with Crippen molar-refractivity contribution in [1.82, 2.24) is 0 Å². The van der Waals surface area contributed by atoms with E-state index in [1.807, 2.05) is 13.8 Å². The van der Waals surface area contributed by atoms with E-state index in [2.05, 4.69) is 0 Å². The maximum atomic E-state index is 11.4. The van der Waals surface area contributed by atoms with Crippen LogP contribution < -0.4 is 11.5 Å². The molecule has 0 aliphatic heterocycles. The molecule has 15 heavy (non-hydrogen) atoms. The van der Waals surface area contributed by atoms with Crippen LogP contribution in [-0.2, 0) is 9.59 Å². The topological polar surface area (TPSA) is 86.2 Å². The lowest BCUT2D eigenvalue weighted by Crippen LogP contribution is -2.48. The van der Waals surface area contributed by atoms with Gasteiger partial charge in [0.2, 0.25) is 11.8 Å². The highest BCUT2D eigenvalue weighted by atomic mass is 16.2. The molecular formula is C11H18N2O2. The van der Waals surface area contributed by atoms with Gasteiger partial charge < -0.3 is 11.5 Å². The van der Waals surface area contributed by atoms with Gasteiger partial charge in [-0.1, -0.05) is 13.8 Å². The third-order valence-electron chi connectivity index (χ3n) is 4.42. The number of hydrogen-bond acceptors (Lipinski definition) is 2. The SMILES string of the molecule is CC1C(C(N)=O)C(C(N)=O)C(C)[C@H]2CC12. The predicted octanol–water partition coefficient (Wildman–Crippen LogP) is 0.111. The molecule has 0 heterocycles. The van der Waals surface area contributed by atoms with Crippen molar-refractivity contribution in [3.05, 3.63) is 0 Å². The molecule has 0 spiro atoms. The summed E-state index contributed by atoms with van der Waals surface area (Å²) in [4.78, 5) is 22.8. The maximum absolute atomic E-state index is 11.4. The number of carbonyl (C=O) groups excluding carboxylic acids is 2. The van der Waals surface area contributed by atoms with Crippen molar-refractivity contribution >= 4 is 11.8 Å². The molecule has 84 valence electrons. The summed E-state index contributed by atoms with van der Waals surface area (Å²) in [6, 6.07) is 0. The van der Waals surface area contributed by atoms with Gasteiger partial charge in [-0.25, -0.2) is 0 Å². The first-order valence-electron chi connectivity index (χ1n) is 5.53. The molecule has 2 amide bonds. The molecule has 0 saturated heterocycles. The third-order valence-corrected chi connectivity index (χ3v) is 4.42. The molecule has 0 radical (unpaired) electrons. The first-order chi connectivity index (χ1) is 6.95. The fraction of sp³-hybridized carbons (Fsp3) is 0.818. The van der Waals surface area contributed by atoms with Crippen molar-refractivity contribution in [3.8, 4) is 0 Å². The van der Waals surface area contributed by atoms with Gasteiger partial charge in [-0.3, -0.25) is 9.59 Å². The standard InChI is InChI=1S/C11H18N2O2/c1-4-6-3-7(6)5(2)9(11(13)15)8(4)10(12)14/h4-9H,3H2,1-2H3,(H2,12,14)(H2,13,15)/t4?,5?,6-,7?,8?,9?/m1/s1. The molecule has 0 aromatic heterocycles. The van der Waals surface area contributed by atoms with Gasteiger partial charge in [0.1, 0.15) is 0 Å². The first kappa shape index (κ1) is 10.5. The Kier molecular flexibility index (Phi) is 2.24. The zero-order valence-corrected chi connectivity index (χ0v) is 9.14. The number of primary amides is 2. The first-order valence-corrected chi connectivity index (χ1v) is 5.53. The van der Waals surface area contributed by atoms with Gasteiger partial charge in [0.15, 0.2) is 0 Å². The molecular weight excluding hydrogens is 192 g/mol. The third kappa shape index (κ3) is 1.43. The van der Waals surface area contributed by atoms with E-state index >= 15 is 0 Å². The average Bonchev–Trinajstić information content (AvgIpc) is 2.88. The summed E-state index contributed by atoms with van der Waals surface area (Å²) in [6.07, 6.45) is 1.12. The number of rotatable bonds is 2. The maximum Gasteiger partial charge on any atom is 0.221 e. The average molecular weight is 210 g/mol. The molecule has 2 fully saturated rings. The van der Waals surface area contributed by atoms with Gasteiger partial charge in [0.05, 0.1) is 11.8 Å². The second-order valence-corrected chi connectivity index (χ2v) is 5.14. The minimum absolute atomic E-state index is 0.209. The molecule has 4 N–H and O–H groups in total. The molecule has 4 heteroatoms. The predicted molar refractivity (Wildman–Crippen MR) is 55.3 cm³/mol. The van der Waals surface area contributed by atoms with E-state index in [0.29, 0.717) is 11.8 Å². The van der Waals surface area contributed by atoms with Gasteiger partial charge in [-0.2, -0.15) is 0 Å². The molecule has 2 aliphatic carbocycles. The molecule has 2 rings (SSSR count). The smallest absolute Gasteiger partial charge is 0.221 e. The van der Waals surface area contributed by atoms with Crippen LogP contribution in [0.1, 0.15) is 20.3 Å². The van der Waals surface area contributed by atoms with Gasteiger partial charge in [0, 0.05) is 0 Å². The highest BCUT2D eigenvalue weighted by Gasteiger charge is 2.58. The number of fused-ring (bicyclic) bond motifs is 1. The Bertz CT molecular complexity index is 286. The van der Waals surface area contributed by atoms with Crippen LogP contribution >= 0.6 is 0 Å². The molecule has 0 aromatic carbocycles. The Morgan fingerprint density at radius 3 is 1.53 bits per heavy atom. The Labute approximate surface area is 89.4 Å². The van der Waals surface area contributed by atoms with Crippen LogP contribution in [0.2, 0.25) is 0 Å². The Morgan fingerprint density at radius 2 is 1.27 bits per heavy atom. The minimum Gasteiger partial charge on any atom is -0.369 e. The van der Waals surface area contributed by atoms with Crippen LogP contribution in [0.25, 0.3) is 0 Å². The molecule has 0 bridgehead atoms. The number of carbonyl (C=O) groups is 2. The summed E-state index contributed by atoms with van der Waals surface area (Å²) in [5.41, 5.74) is 10.8. The van der Waals surface area contributed by atoms with Crippen LogP contribution in [0.4, 0.5) is 0 Å². The lowest BCUT2D eigenvalue weighted by atomic mass is 9.67. The Balaban J connectivity index is 2.30. The molecule has 5 unspecified atom stereocenters.